The van der Waals surface area contributed by atoms with Gasteiger partial charge in [0.2, 0.25) is 5.91 Å². The van der Waals surface area contributed by atoms with Gasteiger partial charge in [-0.2, -0.15) is 0 Å². The fourth-order valence-electron chi connectivity index (χ4n) is 4.11. The molecular formula is C27H29Cl2N3O4. The van der Waals surface area contributed by atoms with Gasteiger partial charge in [0.1, 0.15) is 18.1 Å². The standard InChI is InChI=1S/C27H29Cl2N3O4/c1-19-12-13-22(36-19)17-31(15-20-7-3-2-4-8-20)25(33)18-32(16-21-9-6-14-35-21)27(34)30-26-23(28)10-5-11-24(26)29/h2-5,7-8,10-13,21H,6,9,14-18H2,1H3,(H,30,34). The van der Waals surface area contributed by atoms with Crippen LogP contribution in [-0.2, 0) is 22.6 Å². The molecular weight excluding hydrogens is 501 g/mol. The number of furan rings is 1. The molecule has 0 aliphatic carbocycles. The predicted octanol–water partition coefficient (Wildman–Crippen LogP) is 6.14. The summed E-state index contributed by atoms with van der Waals surface area (Å²) in [5.41, 5.74) is 1.29. The number of rotatable bonds is 9. The van der Waals surface area contributed by atoms with Gasteiger partial charge in [-0.3, -0.25) is 4.79 Å². The normalized spacial score (nSPS) is 15.0. The van der Waals surface area contributed by atoms with Crippen LogP contribution < -0.4 is 5.32 Å². The maximum Gasteiger partial charge on any atom is 0.322 e. The Morgan fingerprint density at radius 1 is 0.972 bits per heavy atom. The largest absolute Gasteiger partial charge is 0.464 e. The van der Waals surface area contributed by atoms with E-state index in [0.717, 1.165) is 24.2 Å². The summed E-state index contributed by atoms with van der Waals surface area (Å²) < 4.78 is 11.5. The molecule has 2 heterocycles. The van der Waals surface area contributed by atoms with Gasteiger partial charge in [0, 0.05) is 19.7 Å². The molecule has 1 aromatic heterocycles. The van der Waals surface area contributed by atoms with Crippen LogP contribution in [0.3, 0.4) is 0 Å². The first-order valence-electron chi connectivity index (χ1n) is 11.9. The van der Waals surface area contributed by atoms with E-state index in [1.807, 2.05) is 49.4 Å². The van der Waals surface area contributed by atoms with Gasteiger partial charge < -0.3 is 24.3 Å². The van der Waals surface area contributed by atoms with Crippen molar-refractivity contribution in [3.05, 3.63) is 87.8 Å². The molecule has 0 saturated carbocycles. The number of nitrogens with zero attached hydrogens (tertiary/aromatic N) is 2. The molecule has 36 heavy (non-hydrogen) atoms. The van der Waals surface area contributed by atoms with E-state index in [9.17, 15) is 9.59 Å². The third kappa shape index (κ3) is 7.03. The first-order valence-corrected chi connectivity index (χ1v) is 12.6. The fraction of sp³-hybridized carbons (Fsp3) is 0.333. The van der Waals surface area contributed by atoms with Crippen LogP contribution in [0.2, 0.25) is 10.0 Å². The van der Waals surface area contributed by atoms with E-state index in [4.69, 9.17) is 32.4 Å². The third-order valence-corrected chi connectivity index (χ3v) is 6.60. The van der Waals surface area contributed by atoms with Crippen molar-refractivity contribution in [1.82, 2.24) is 9.80 Å². The first-order chi connectivity index (χ1) is 17.4. The van der Waals surface area contributed by atoms with E-state index in [1.54, 1.807) is 23.1 Å². The van der Waals surface area contributed by atoms with Crippen LogP contribution in [0, 0.1) is 6.92 Å². The van der Waals surface area contributed by atoms with Gasteiger partial charge in [-0.15, -0.1) is 0 Å². The zero-order valence-electron chi connectivity index (χ0n) is 20.1. The van der Waals surface area contributed by atoms with Crippen LogP contribution in [0.15, 0.2) is 65.1 Å². The first kappa shape index (κ1) is 26.1. The van der Waals surface area contributed by atoms with Gasteiger partial charge in [0.25, 0.3) is 0 Å². The number of amides is 3. The van der Waals surface area contributed by atoms with Crippen molar-refractivity contribution in [2.24, 2.45) is 0 Å². The second-order valence-electron chi connectivity index (χ2n) is 8.79. The van der Waals surface area contributed by atoms with Crippen LogP contribution in [-0.4, -0.2) is 47.5 Å². The monoisotopic (exact) mass is 529 g/mol. The number of nitrogens with one attached hydrogen (secondary N) is 1. The number of aryl methyl sites for hydroxylation is 1. The van der Waals surface area contributed by atoms with Crippen molar-refractivity contribution in [2.75, 3.05) is 25.0 Å². The molecule has 0 radical (unpaired) electrons. The van der Waals surface area contributed by atoms with Crippen molar-refractivity contribution in [3.63, 3.8) is 0 Å². The smallest absolute Gasteiger partial charge is 0.322 e. The molecule has 1 aliphatic rings. The number of hydrogen-bond donors (Lipinski definition) is 1. The number of ether oxygens (including phenoxy) is 1. The van der Waals surface area contributed by atoms with Gasteiger partial charge >= 0.3 is 6.03 Å². The summed E-state index contributed by atoms with van der Waals surface area (Å²) in [7, 11) is 0. The van der Waals surface area contributed by atoms with E-state index in [1.165, 1.54) is 4.90 Å². The van der Waals surface area contributed by atoms with E-state index >= 15 is 0 Å². The molecule has 1 aliphatic heterocycles. The third-order valence-electron chi connectivity index (χ3n) is 5.97. The average Bonchev–Trinajstić information content (AvgIpc) is 3.52. The highest BCUT2D eigenvalue weighted by molar-refractivity contribution is 6.39. The molecule has 0 spiro atoms. The number of carbonyl (C=O) groups is 2. The summed E-state index contributed by atoms with van der Waals surface area (Å²) in [6, 6.07) is 18.0. The van der Waals surface area contributed by atoms with Crippen LogP contribution in [0.25, 0.3) is 0 Å². The van der Waals surface area contributed by atoms with Crippen LogP contribution in [0.5, 0.6) is 0 Å². The van der Waals surface area contributed by atoms with Crippen molar-refractivity contribution in [2.45, 2.75) is 39.0 Å². The number of hydrogen-bond acceptors (Lipinski definition) is 4. The predicted molar refractivity (Wildman–Crippen MR) is 140 cm³/mol. The van der Waals surface area contributed by atoms with Gasteiger partial charge in [-0.25, -0.2) is 4.79 Å². The average molecular weight is 530 g/mol. The lowest BCUT2D eigenvalue weighted by Gasteiger charge is -2.29. The Hall–Kier alpha value is -3.00. The number of carbonyl (C=O) groups excluding carboxylic acids is 2. The van der Waals surface area contributed by atoms with E-state index in [2.05, 4.69) is 5.32 Å². The van der Waals surface area contributed by atoms with Gasteiger partial charge in [-0.1, -0.05) is 59.6 Å². The summed E-state index contributed by atoms with van der Waals surface area (Å²) in [5.74, 6) is 1.23. The van der Waals surface area contributed by atoms with Crippen molar-refractivity contribution < 1.29 is 18.7 Å². The molecule has 1 N–H and O–H groups in total. The van der Waals surface area contributed by atoms with Gasteiger partial charge in [0.05, 0.1) is 28.4 Å². The minimum atomic E-state index is -0.470. The number of anilines is 1. The van der Waals surface area contributed by atoms with Crippen LogP contribution in [0.1, 0.15) is 29.9 Å². The van der Waals surface area contributed by atoms with Crippen molar-refractivity contribution >= 4 is 40.8 Å². The number of urea groups is 1. The van der Waals surface area contributed by atoms with Gasteiger partial charge in [-0.05, 0) is 49.6 Å². The minimum Gasteiger partial charge on any atom is -0.464 e. The maximum atomic E-state index is 13.6. The molecule has 2 aromatic carbocycles. The molecule has 9 heteroatoms. The van der Waals surface area contributed by atoms with E-state index < -0.39 is 6.03 Å². The highest BCUT2D eigenvalue weighted by Gasteiger charge is 2.27. The molecule has 1 atom stereocenters. The molecule has 0 bridgehead atoms. The van der Waals surface area contributed by atoms with Gasteiger partial charge in [0.15, 0.2) is 0 Å². The highest BCUT2D eigenvalue weighted by atomic mass is 35.5. The Balaban J connectivity index is 1.54. The quantitative estimate of drug-likeness (QED) is 0.361. The SMILES string of the molecule is Cc1ccc(CN(Cc2ccccc2)C(=O)CN(CC2CCCO2)C(=O)Nc2c(Cl)cccc2Cl)o1. The number of para-hydroxylation sites is 1. The Morgan fingerprint density at radius 3 is 2.36 bits per heavy atom. The summed E-state index contributed by atoms with van der Waals surface area (Å²) in [6.07, 6.45) is 1.60. The van der Waals surface area contributed by atoms with Crippen molar-refractivity contribution in [3.8, 4) is 0 Å². The Morgan fingerprint density at radius 2 is 1.72 bits per heavy atom. The molecule has 4 rings (SSSR count). The minimum absolute atomic E-state index is 0.138. The summed E-state index contributed by atoms with van der Waals surface area (Å²) in [4.78, 5) is 30.1. The molecule has 1 fully saturated rings. The summed E-state index contributed by atoms with van der Waals surface area (Å²) >= 11 is 12.5. The Kier molecular flexibility index (Phi) is 8.91. The fourth-order valence-corrected chi connectivity index (χ4v) is 4.61. The molecule has 1 unspecified atom stereocenters. The van der Waals surface area contributed by atoms with E-state index in [-0.39, 0.29) is 31.6 Å². The lowest BCUT2D eigenvalue weighted by molar-refractivity contribution is -0.133. The molecule has 3 aromatic rings. The Bertz CT molecular complexity index is 1160. The molecule has 190 valence electrons. The molecule has 7 nitrogen and oxygen atoms in total. The lowest BCUT2D eigenvalue weighted by Crippen LogP contribution is -2.46. The summed E-state index contributed by atoms with van der Waals surface area (Å²) in [6.45, 7) is 3.31. The number of benzene rings is 2. The Labute approximate surface area is 220 Å². The molecule has 1 saturated heterocycles. The zero-order valence-corrected chi connectivity index (χ0v) is 21.6. The maximum absolute atomic E-state index is 13.6. The highest BCUT2D eigenvalue weighted by Crippen LogP contribution is 2.30. The van der Waals surface area contributed by atoms with Crippen molar-refractivity contribution in [1.29, 1.82) is 0 Å². The van der Waals surface area contributed by atoms with Crippen LogP contribution >= 0.6 is 23.2 Å². The summed E-state index contributed by atoms with van der Waals surface area (Å²) in [5, 5.41) is 3.41. The second kappa shape index (κ2) is 12.3. The lowest BCUT2D eigenvalue weighted by atomic mass is 10.2. The number of halogens is 2. The topological polar surface area (TPSA) is 75.0 Å². The van der Waals surface area contributed by atoms with Crippen LogP contribution in [0.4, 0.5) is 10.5 Å². The van der Waals surface area contributed by atoms with E-state index in [0.29, 0.717) is 34.6 Å². The molecule has 3 amide bonds. The zero-order chi connectivity index (χ0) is 25.5. The second-order valence-corrected chi connectivity index (χ2v) is 9.60.